The van der Waals surface area contributed by atoms with Crippen LogP contribution in [0.3, 0.4) is 0 Å². The van der Waals surface area contributed by atoms with E-state index in [2.05, 4.69) is 5.32 Å². The van der Waals surface area contributed by atoms with Gasteiger partial charge in [-0.25, -0.2) is 9.59 Å². The maximum Gasteiger partial charge on any atom is 0.419 e. The minimum Gasteiger partial charge on any atom is -0.494 e. The Balaban J connectivity index is 1.67. The molecule has 1 heterocycles. The zero-order valence-corrected chi connectivity index (χ0v) is 24.5. The molecule has 0 saturated heterocycles. The highest BCUT2D eigenvalue weighted by molar-refractivity contribution is 6.03. The Bertz CT molecular complexity index is 1180. The summed E-state index contributed by atoms with van der Waals surface area (Å²) in [5.41, 5.74) is -0.492. The predicted octanol–water partition coefficient (Wildman–Crippen LogP) is 7.45. The van der Waals surface area contributed by atoms with Crippen LogP contribution in [0.2, 0.25) is 0 Å². The summed E-state index contributed by atoms with van der Waals surface area (Å²) in [5.74, 6) is 1.22. The van der Waals surface area contributed by atoms with Gasteiger partial charge in [-0.2, -0.15) is 13.2 Å². The molecule has 2 atom stereocenters. The fourth-order valence-electron chi connectivity index (χ4n) is 5.04. The van der Waals surface area contributed by atoms with Crippen LogP contribution in [0.1, 0.15) is 67.2 Å². The molecule has 0 unspecified atom stereocenters. The zero-order chi connectivity index (χ0) is 29.9. The predicted molar refractivity (Wildman–Crippen MR) is 148 cm³/mol. The number of anilines is 1. The van der Waals surface area contributed by atoms with Gasteiger partial charge >= 0.3 is 18.4 Å². The summed E-state index contributed by atoms with van der Waals surface area (Å²) in [4.78, 5) is 26.7. The number of rotatable bonds is 8. The maximum atomic E-state index is 12.9. The Morgan fingerprint density at radius 3 is 2.30 bits per heavy atom. The molecular formula is C29H42F3N3O5. The first kappa shape index (κ1) is 31.6. The molecule has 1 saturated carbocycles. The molecule has 40 heavy (non-hydrogen) atoms. The number of alkyl halides is 3. The molecule has 2 aromatic rings. The van der Waals surface area contributed by atoms with E-state index in [1.54, 1.807) is 59.7 Å². The Kier molecular flexibility index (Phi) is 9.70. The number of halogens is 3. The highest BCUT2D eigenvalue weighted by atomic mass is 19.4. The number of fused-ring (bicyclic) bond motifs is 1. The molecule has 224 valence electrons. The van der Waals surface area contributed by atoms with Crippen LogP contribution in [0.25, 0.3) is 10.9 Å². The van der Waals surface area contributed by atoms with E-state index in [0.717, 1.165) is 25.7 Å². The van der Waals surface area contributed by atoms with Crippen molar-refractivity contribution in [2.75, 3.05) is 32.1 Å². The first-order chi connectivity index (χ1) is 18.4. The number of benzene rings is 1. The van der Waals surface area contributed by atoms with Gasteiger partial charge in [-0.05, 0) is 104 Å². The van der Waals surface area contributed by atoms with Gasteiger partial charge in [-0.3, -0.25) is 14.8 Å². The topological polar surface area (TPSA) is 82.0 Å². The van der Waals surface area contributed by atoms with Gasteiger partial charge in [0.2, 0.25) is 0 Å². The second-order valence-electron chi connectivity index (χ2n) is 12.7. The minimum atomic E-state index is -4.18. The third-order valence-corrected chi connectivity index (χ3v) is 6.47. The Morgan fingerprint density at radius 1 is 1.02 bits per heavy atom. The van der Waals surface area contributed by atoms with E-state index in [0.29, 0.717) is 41.4 Å². The van der Waals surface area contributed by atoms with Gasteiger partial charge in [0.25, 0.3) is 0 Å². The summed E-state index contributed by atoms with van der Waals surface area (Å²) in [6, 6.07) is 5.24. The van der Waals surface area contributed by atoms with Gasteiger partial charge in [0.15, 0.2) is 0 Å². The lowest BCUT2D eigenvalue weighted by molar-refractivity contribution is -0.144. The lowest BCUT2D eigenvalue weighted by atomic mass is 10.0. The van der Waals surface area contributed by atoms with Crippen LogP contribution < -0.4 is 10.1 Å². The highest BCUT2D eigenvalue weighted by Crippen LogP contribution is 2.35. The third-order valence-electron chi connectivity index (χ3n) is 6.47. The van der Waals surface area contributed by atoms with Crippen LogP contribution in [0, 0.1) is 11.8 Å². The van der Waals surface area contributed by atoms with Crippen LogP contribution in [0.4, 0.5) is 28.4 Å². The highest BCUT2D eigenvalue weighted by Gasteiger charge is 2.32. The molecule has 1 fully saturated rings. The molecule has 8 nitrogen and oxygen atoms in total. The number of ether oxygens (including phenoxy) is 3. The van der Waals surface area contributed by atoms with Crippen molar-refractivity contribution >= 4 is 28.8 Å². The first-order valence-electron chi connectivity index (χ1n) is 13.6. The molecule has 0 spiro atoms. The van der Waals surface area contributed by atoms with Crippen molar-refractivity contribution in [3.8, 4) is 5.75 Å². The van der Waals surface area contributed by atoms with Crippen LogP contribution in [-0.4, -0.2) is 65.8 Å². The van der Waals surface area contributed by atoms with E-state index in [4.69, 9.17) is 14.2 Å². The summed E-state index contributed by atoms with van der Waals surface area (Å²) in [6.07, 6.45) is -0.364. The molecule has 1 aliphatic rings. The Morgan fingerprint density at radius 2 is 1.68 bits per heavy atom. The van der Waals surface area contributed by atoms with Crippen LogP contribution in [0.5, 0.6) is 5.75 Å². The average Bonchev–Trinajstić information content (AvgIpc) is 3.34. The van der Waals surface area contributed by atoms with E-state index in [-0.39, 0.29) is 5.92 Å². The van der Waals surface area contributed by atoms with E-state index in [1.807, 2.05) is 0 Å². The molecule has 1 amide bonds. The summed E-state index contributed by atoms with van der Waals surface area (Å²) < 4.78 is 56.2. The molecule has 1 aromatic heterocycles. The smallest absolute Gasteiger partial charge is 0.419 e. The lowest BCUT2D eigenvalue weighted by Gasteiger charge is -2.22. The number of carbonyl (C=O) groups excluding carboxylic acids is 2. The molecule has 0 bridgehead atoms. The summed E-state index contributed by atoms with van der Waals surface area (Å²) in [6.45, 7) is 10.6. The van der Waals surface area contributed by atoms with Crippen LogP contribution in [0.15, 0.2) is 24.4 Å². The van der Waals surface area contributed by atoms with Crippen molar-refractivity contribution in [3.05, 3.63) is 24.4 Å². The Hall–Kier alpha value is -2.95. The molecule has 0 radical (unpaired) electrons. The Labute approximate surface area is 234 Å². The zero-order valence-electron chi connectivity index (χ0n) is 24.5. The van der Waals surface area contributed by atoms with Gasteiger partial charge in [-0.1, -0.05) is 0 Å². The maximum absolute atomic E-state index is 12.9. The van der Waals surface area contributed by atoms with Crippen molar-refractivity contribution in [2.24, 2.45) is 11.8 Å². The summed E-state index contributed by atoms with van der Waals surface area (Å²) in [7, 11) is 1.52. The lowest BCUT2D eigenvalue weighted by Crippen LogP contribution is -2.34. The van der Waals surface area contributed by atoms with Crippen molar-refractivity contribution in [1.82, 2.24) is 9.47 Å². The second kappa shape index (κ2) is 12.3. The molecule has 0 aliphatic heterocycles. The average molecular weight is 570 g/mol. The van der Waals surface area contributed by atoms with E-state index < -0.39 is 36.1 Å². The SMILES string of the molecule is CN(C[C@H]1CC[C@@H](CCOc2ccc3c(c2)c(NC(=O)OC(C)(C)C)cn3C(=O)OC(C)(C)C)C1)CC(F)(F)F. The number of nitrogens with one attached hydrogen (secondary N) is 1. The van der Waals surface area contributed by atoms with Crippen LogP contribution >= 0.6 is 0 Å². The third kappa shape index (κ3) is 9.91. The largest absolute Gasteiger partial charge is 0.494 e. The normalized spacial score (nSPS) is 18.3. The van der Waals surface area contributed by atoms with Gasteiger partial charge in [-0.15, -0.1) is 0 Å². The molecule has 1 N–H and O–H groups in total. The second-order valence-corrected chi connectivity index (χ2v) is 12.7. The van der Waals surface area contributed by atoms with Gasteiger partial charge < -0.3 is 14.2 Å². The number of nitrogens with zero attached hydrogens (tertiary/aromatic N) is 2. The van der Waals surface area contributed by atoms with Crippen LogP contribution in [-0.2, 0) is 9.47 Å². The number of amides is 1. The fraction of sp³-hybridized carbons (Fsp3) is 0.655. The summed E-state index contributed by atoms with van der Waals surface area (Å²) in [5, 5.41) is 3.31. The van der Waals surface area contributed by atoms with Gasteiger partial charge in [0.1, 0.15) is 17.0 Å². The molecular weight excluding hydrogens is 527 g/mol. The molecule has 1 aliphatic carbocycles. The fourth-order valence-corrected chi connectivity index (χ4v) is 5.04. The first-order valence-corrected chi connectivity index (χ1v) is 13.6. The van der Waals surface area contributed by atoms with Gasteiger partial charge in [0.05, 0.1) is 24.4 Å². The number of carbonyl (C=O) groups is 2. The van der Waals surface area contributed by atoms with Crippen molar-refractivity contribution in [1.29, 1.82) is 0 Å². The monoisotopic (exact) mass is 569 g/mol. The summed E-state index contributed by atoms with van der Waals surface area (Å²) >= 11 is 0. The number of aromatic nitrogens is 1. The van der Waals surface area contributed by atoms with E-state index >= 15 is 0 Å². The van der Waals surface area contributed by atoms with Crippen molar-refractivity contribution < 1.29 is 37.0 Å². The molecule has 1 aromatic carbocycles. The number of hydrogen-bond donors (Lipinski definition) is 1. The van der Waals surface area contributed by atoms with E-state index in [1.165, 1.54) is 22.7 Å². The molecule has 11 heteroatoms. The quantitative estimate of drug-likeness (QED) is 0.356. The number of hydrogen-bond acceptors (Lipinski definition) is 6. The standard InChI is InChI=1S/C29H42F3N3O5/c1-27(2,3)39-25(36)33-23-17-35(26(37)40-28(4,5)6)24-11-10-21(15-22(23)24)38-13-12-19-8-9-20(14-19)16-34(7)18-29(30,31)32/h10-11,15,17,19-20H,8-9,12-14,16,18H2,1-7H3,(H,33,36)/t19-,20-/m0/s1. The minimum absolute atomic E-state index is 0.253. The van der Waals surface area contributed by atoms with Crippen molar-refractivity contribution in [3.63, 3.8) is 0 Å². The van der Waals surface area contributed by atoms with E-state index in [9.17, 15) is 22.8 Å². The van der Waals surface area contributed by atoms with Gasteiger partial charge in [0, 0.05) is 18.1 Å². The molecule has 3 rings (SSSR count). The van der Waals surface area contributed by atoms with Crippen molar-refractivity contribution in [2.45, 2.75) is 84.6 Å².